The van der Waals surface area contributed by atoms with Crippen molar-refractivity contribution in [3.8, 4) is 0 Å². The largest absolute Gasteiger partial charge is 0.476 e. The van der Waals surface area contributed by atoms with Crippen LogP contribution in [0.15, 0.2) is 12.4 Å². The molecule has 1 atom stereocenters. The molecule has 0 radical (unpaired) electrons. The number of hydrogen-bond acceptors (Lipinski definition) is 6. The van der Waals surface area contributed by atoms with Gasteiger partial charge in [-0.3, -0.25) is 14.9 Å². The van der Waals surface area contributed by atoms with Gasteiger partial charge in [-0.25, -0.2) is 14.8 Å². The zero-order valence-corrected chi connectivity index (χ0v) is 9.21. The Morgan fingerprint density at radius 1 is 1.39 bits per heavy atom. The van der Waals surface area contributed by atoms with E-state index in [4.69, 9.17) is 5.11 Å². The molecule has 1 aliphatic rings. The minimum Gasteiger partial charge on any atom is -0.476 e. The van der Waals surface area contributed by atoms with Crippen LogP contribution in [0.4, 0.5) is 5.82 Å². The number of carboxylic acid groups (broad SMARTS) is 1. The third-order valence-corrected chi connectivity index (χ3v) is 2.43. The summed E-state index contributed by atoms with van der Waals surface area (Å²) in [7, 11) is 0. The van der Waals surface area contributed by atoms with Crippen LogP contribution in [0, 0.1) is 0 Å². The summed E-state index contributed by atoms with van der Waals surface area (Å²) >= 11 is 0. The summed E-state index contributed by atoms with van der Waals surface area (Å²) in [6.45, 7) is 0. The molecule has 2 rings (SSSR count). The number of carbonyl (C=O) groups excluding carboxylic acids is 2. The fraction of sp³-hybridized carbons (Fsp3) is 0.300. The Hall–Kier alpha value is -2.51. The molecule has 8 nitrogen and oxygen atoms in total. The molecule has 0 bridgehead atoms. The highest BCUT2D eigenvalue weighted by atomic mass is 16.4. The Kier molecular flexibility index (Phi) is 3.18. The Balaban J connectivity index is 2.03. The lowest BCUT2D eigenvalue weighted by Crippen LogP contribution is -2.47. The topological polar surface area (TPSA) is 121 Å². The van der Waals surface area contributed by atoms with E-state index >= 15 is 0 Å². The molecular weight excluding hydrogens is 240 g/mol. The van der Waals surface area contributed by atoms with Crippen molar-refractivity contribution in [3.05, 3.63) is 18.1 Å². The van der Waals surface area contributed by atoms with Crippen LogP contribution in [-0.2, 0) is 9.59 Å². The van der Waals surface area contributed by atoms with E-state index < -0.39 is 17.9 Å². The van der Waals surface area contributed by atoms with Crippen LogP contribution in [-0.4, -0.2) is 38.9 Å². The van der Waals surface area contributed by atoms with E-state index in [-0.39, 0.29) is 23.8 Å². The van der Waals surface area contributed by atoms with Gasteiger partial charge < -0.3 is 10.4 Å². The number of aromatic nitrogens is 2. The van der Waals surface area contributed by atoms with Crippen molar-refractivity contribution in [3.63, 3.8) is 0 Å². The molecule has 94 valence electrons. The summed E-state index contributed by atoms with van der Waals surface area (Å²) in [6.07, 6.45) is 2.95. The maximum Gasteiger partial charge on any atom is 0.356 e. The third-order valence-electron chi connectivity index (χ3n) is 2.43. The van der Waals surface area contributed by atoms with E-state index in [0.29, 0.717) is 6.42 Å². The van der Waals surface area contributed by atoms with Crippen molar-refractivity contribution >= 4 is 23.6 Å². The maximum atomic E-state index is 11.4. The van der Waals surface area contributed by atoms with E-state index in [0.717, 1.165) is 6.20 Å². The van der Waals surface area contributed by atoms with Crippen molar-refractivity contribution in [1.29, 1.82) is 0 Å². The van der Waals surface area contributed by atoms with Crippen LogP contribution >= 0.6 is 0 Å². The van der Waals surface area contributed by atoms with Crippen LogP contribution in [0.2, 0.25) is 0 Å². The van der Waals surface area contributed by atoms with Gasteiger partial charge in [0.25, 0.3) is 0 Å². The Morgan fingerprint density at radius 3 is 2.72 bits per heavy atom. The maximum absolute atomic E-state index is 11.4. The summed E-state index contributed by atoms with van der Waals surface area (Å²) in [6, 6.07) is -0.562. The molecule has 1 aromatic rings. The molecular formula is C10H10N4O4. The highest BCUT2D eigenvalue weighted by Gasteiger charge is 2.26. The highest BCUT2D eigenvalue weighted by molar-refractivity contribution is 6.01. The number of piperidine rings is 1. The van der Waals surface area contributed by atoms with E-state index in [1.807, 2.05) is 0 Å². The first kappa shape index (κ1) is 12.0. The third kappa shape index (κ3) is 2.59. The summed E-state index contributed by atoms with van der Waals surface area (Å²) < 4.78 is 0. The molecule has 0 aliphatic carbocycles. The number of hydrogen-bond donors (Lipinski definition) is 3. The van der Waals surface area contributed by atoms with E-state index in [1.165, 1.54) is 6.20 Å². The molecule has 0 saturated carbocycles. The number of nitrogens with zero attached hydrogens (tertiary/aromatic N) is 2. The first-order valence-corrected chi connectivity index (χ1v) is 5.22. The Morgan fingerprint density at radius 2 is 2.17 bits per heavy atom. The van der Waals surface area contributed by atoms with Gasteiger partial charge in [-0.1, -0.05) is 0 Å². The molecule has 3 N–H and O–H groups in total. The van der Waals surface area contributed by atoms with Gasteiger partial charge in [0, 0.05) is 6.42 Å². The molecule has 1 aliphatic heterocycles. The molecule has 1 unspecified atom stereocenters. The standard InChI is InChI=1S/C10H10N4O4/c15-8-2-1-5(9(16)14-8)13-7-4-11-6(3-12-7)10(17)18/h3-5H,1-2H2,(H,12,13)(H,17,18)(H,14,15,16). The van der Waals surface area contributed by atoms with Crippen molar-refractivity contribution in [2.45, 2.75) is 18.9 Å². The predicted octanol–water partition coefficient (Wildman–Crippen LogP) is -0.608. The number of carbonyl (C=O) groups is 3. The van der Waals surface area contributed by atoms with Gasteiger partial charge in [0.2, 0.25) is 11.8 Å². The second-order valence-electron chi connectivity index (χ2n) is 3.74. The van der Waals surface area contributed by atoms with Crippen molar-refractivity contribution < 1.29 is 19.5 Å². The van der Waals surface area contributed by atoms with E-state index in [2.05, 4.69) is 20.6 Å². The van der Waals surface area contributed by atoms with E-state index in [1.54, 1.807) is 0 Å². The fourth-order valence-electron chi connectivity index (χ4n) is 1.52. The molecule has 0 spiro atoms. The molecule has 1 saturated heterocycles. The second-order valence-corrected chi connectivity index (χ2v) is 3.74. The molecule has 2 amide bonds. The number of nitrogens with one attached hydrogen (secondary N) is 2. The lowest BCUT2D eigenvalue weighted by molar-refractivity contribution is -0.133. The number of carboxylic acids is 1. The first-order valence-electron chi connectivity index (χ1n) is 5.22. The van der Waals surface area contributed by atoms with Gasteiger partial charge >= 0.3 is 5.97 Å². The zero-order valence-electron chi connectivity index (χ0n) is 9.21. The average molecular weight is 250 g/mol. The van der Waals surface area contributed by atoms with Crippen molar-refractivity contribution in [2.24, 2.45) is 0 Å². The summed E-state index contributed by atoms with van der Waals surface area (Å²) in [5.41, 5.74) is -0.177. The quantitative estimate of drug-likeness (QED) is 0.612. The normalized spacial score (nSPS) is 19.2. The molecule has 1 aromatic heterocycles. The monoisotopic (exact) mass is 250 g/mol. The molecule has 2 heterocycles. The minimum atomic E-state index is -1.17. The van der Waals surface area contributed by atoms with E-state index in [9.17, 15) is 14.4 Å². The lowest BCUT2D eigenvalue weighted by Gasteiger charge is -2.21. The van der Waals surface area contributed by atoms with Gasteiger partial charge in [-0.15, -0.1) is 0 Å². The average Bonchev–Trinajstić information content (AvgIpc) is 2.33. The predicted molar refractivity (Wildman–Crippen MR) is 58.8 cm³/mol. The Bertz CT molecular complexity index is 499. The van der Waals surface area contributed by atoms with Gasteiger partial charge in [-0.2, -0.15) is 0 Å². The molecule has 8 heteroatoms. The second kappa shape index (κ2) is 4.78. The van der Waals surface area contributed by atoms with Crippen LogP contribution in [0.3, 0.4) is 0 Å². The summed E-state index contributed by atoms with van der Waals surface area (Å²) in [4.78, 5) is 40.4. The number of aromatic carboxylic acids is 1. The number of anilines is 1. The zero-order chi connectivity index (χ0) is 13.1. The van der Waals surface area contributed by atoms with Gasteiger partial charge in [0.15, 0.2) is 5.69 Å². The Labute approximate surface area is 101 Å². The van der Waals surface area contributed by atoms with Crippen LogP contribution in [0.25, 0.3) is 0 Å². The van der Waals surface area contributed by atoms with Crippen LogP contribution < -0.4 is 10.6 Å². The first-order chi connectivity index (χ1) is 8.56. The minimum absolute atomic E-state index is 0.177. The number of rotatable bonds is 3. The number of amides is 2. The van der Waals surface area contributed by atoms with Crippen molar-refractivity contribution in [2.75, 3.05) is 5.32 Å². The van der Waals surface area contributed by atoms with Gasteiger partial charge in [0.1, 0.15) is 11.9 Å². The van der Waals surface area contributed by atoms with Gasteiger partial charge in [0.05, 0.1) is 12.4 Å². The fourth-order valence-corrected chi connectivity index (χ4v) is 1.52. The molecule has 1 fully saturated rings. The van der Waals surface area contributed by atoms with Gasteiger partial charge in [-0.05, 0) is 6.42 Å². The SMILES string of the molecule is O=C1CCC(Nc2cnc(C(=O)O)cn2)C(=O)N1. The van der Waals surface area contributed by atoms with Crippen LogP contribution in [0.5, 0.6) is 0 Å². The number of imide groups is 1. The lowest BCUT2D eigenvalue weighted by atomic mass is 10.1. The summed E-state index contributed by atoms with van der Waals surface area (Å²) in [5, 5.41) is 13.6. The smallest absolute Gasteiger partial charge is 0.356 e. The van der Waals surface area contributed by atoms with Crippen molar-refractivity contribution in [1.82, 2.24) is 15.3 Å². The molecule has 0 aromatic carbocycles. The van der Waals surface area contributed by atoms with Crippen LogP contribution in [0.1, 0.15) is 23.3 Å². The highest BCUT2D eigenvalue weighted by Crippen LogP contribution is 2.10. The molecule has 18 heavy (non-hydrogen) atoms. The summed E-state index contributed by atoms with van der Waals surface area (Å²) in [5.74, 6) is -1.61.